The average Bonchev–Trinajstić information content (AvgIpc) is 2.64. The van der Waals surface area contributed by atoms with E-state index in [1.807, 2.05) is 0 Å². The van der Waals surface area contributed by atoms with Crippen LogP contribution in [0.1, 0.15) is 31.1 Å². The molecule has 2 heterocycles. The number of fused-ring (bicyclic) bond motifs is 3. The number of hydrogen-bond acceptors (Lipinski definition) is 1. The third kappa shape index (κ3) is 1.51. The van der Waals surface area contributed by atoms with E-state index in [2.05, 4.69) is 49.6 Å². The van der Waals surface area contributed by atoms with E-state index in [4.69, 9.17) is 5.73 Å². The largest absolute Gasteiger partial charge is 0.342 e. The van der Waals surface area contributed by atoms with Crippen LogP contribution >= 0.6 is 12.4 Å². The van der Waals surface area contributed by atoms with Crippen LogP contribution in [0.15, 0.2) is 24.3 Å². The summed E-state index contributed by atoms with van der Waals surface area (Å²) in [5.41, 5.74) is 10.5. The molecule has 1 aromatic carbocycles. The Morgan fingerprint density at radius 3 is 2.65 bits per heavy atom. The zero-order valence-corrected chi connectivity index (χ0v) is 11.3. The zero-order chi connectivity index (χ0) is 11.5. The van der Waals surface area contributed by atoms with Crippen molar-refractivity contribution in [2.24, 2.45) is 11.1 Å². The van der Waals surface area contributed by atoms with Gasteiger partial charge in [-0.1, -0.05) is 32.0 Å². The van der Waals surface area contributed by atoms with Gasteiger partial charge in [-0.2, -0.15) is 0 Å². The van der Waals surface area contributed by atoms with Crippen molar-refractivity contribution in [3.05, 3.63) is 35.5 Å². The van der Waals surface area contributed by atoms with E-state index in [1.54, 1.807) is 0 Å². The quantitative estimate of drug-likeness (QED) is 0.763. The molecule has 1 aliphatic heterocycles. The van der Waals surface area contributed by atoms with E-state index in [9.17, 15) is 0 Å². The Kier molecular flexibility index (Phi) is 2.75. The molecular formula is C14H19ClN2. The molecule has 0 radical (unpaired) electrons. The van der Waals surface area contributed by atoms with Gasteiger partial charge in [0.15, 0.2) is 0 Å². The van der Waals surface area contributed by atoms with E-state index in [-0.39, 0.29) is 23.9 Å². The highest BCUT2D eigenvalue weighted by Crippen LogP contribution is 2.44. The third-order valence-electron chi connectivity index (χ3n) is 3.98. The van der Waals surface area contributed by atoms with Crippen molar-refractivity contribution in [2.45, 2.75) is 33.4 Å². The first-order chi connectivity index (χ1) is 7.52. The van der Waals surface area contributed by atoms with Crippen molar-refractivity contribution in [2.75, 3.05) is 0 Å². The molecule has 0 amide bonds. The molecule has 1 unspecified atom stereocenters. The molecule has 17 heavy (non-hydrogen) atoms. The van der Waals surface area contributed by atoms with Crippen LogP contribution in [-0.2, 0) is 6.54 Å². The molecule has 2 N–H and O–H groups in total. The molecule has 0 bridgehead atoms. The summed E-state index contributed by atoms with van der Waals surface area (Å²) in [4.78, 5) is 0. The van der Waals surface area contributed by atoms with Gasteiger partial charge in [0.05, 0.1) is 6.04 Å². The summed E-state index contributed by atoms with van der Waals surface area (Å²) in [7, 11) is 0. The highest BCUT2D eigenvalue weighted by Gasteiger charge is 2.39. The lowest BCUT2D eigenvalue weighted by atomic mass is 9.85. The average molecular weight is 251 g/mol. The highest BCUT2D eigenvalue weighted by molar-refractivity contribution is 5.86. The number of nitrogens with two attached hydrogens (primary N) is 1. The Labute approximate surface area is 108 Å². The van der Waals surface area contributed by atoms with Crippen LogP contribution in [0.5, 0.6) is 0 Å². The number of hydrogen-bond donors (Lipinski definition) is 1. The van der Waals surface area contributed by atoms with Crippen molar-refractivity contribution < 1.29 is 0 Å². The smallest absolute Gasteiger partial charge is 0.0521 e. The minimum absolute atomic E-state index is 0. The maximum absolute atomic E-state index is 6.37. The molecule has 3 heteroatoms. The third-order valence-corrected chi connectivity index (χ3v) is 3.98. The van der Waals surface area contributed by atoms with Gasteiger partial charge in [-0.15, -0.1) is 12.4 Å². The highest BCUT2D eigenvalue weighted by atomic mass is 35.5. The molecule has 0 saturated heterocycles. The van der Waals surface area contributed by atoms with Crippen LogP contribution < -0.4 is 5.73 Å². The Balaban J connectivity index is 0.00000108. The summed E-state index contributed by atoms with van der Waals surface area (Å²) >= 11 is 0. The predicted molar refractivity (Wildman–Crippen MR) is 74.6 cm³/mol. The number of nitrogens with zero attached hydrogens (tertiary/aromatic N) is 1. The van der Waals surface area contributed by atoms with Gasteiger partial charge in [0.2, 0.25) is 0 Å². The summed E-state index contributed by atoms with van der Waals surface area (Å²) in [6.07, 6.45) is 0. The number of rotatable bonds is 0. The van der Waals surface area contributed by atoms with Gasteiger partial charge in [0.1, 0.15) is 0 Å². The normalized spacial score (nSPS) is 21.3. The fraction of sp³-hybridized carbons (Fsp3) is 0.429. The topological polar surface area (TPSA) is 30.9 Å². The standard InChI is InChI=1S/C14H18N2.ClH/c1-9-10-6-4-5-7-11(10)16-8-14(2,3)13(15)12(9)16;/h4-7,13H,8,15H2,1-3H3;1H. The van der Waals surface area contributed by atoms with E-state index in [1.165, 1.54) is 22.2 Å². The molecule has 2 nitrogen and oxygen atoms in total. The number of aryl methyl sites for hydroxylation is 1. The Hall–Kier alpha value is -0.990. The van der Waals surface area contributed by atoms with Gasteiger partial charge in [0.25, 0.3) is 0 Å². The van der Waals surface area contributed by atoms with E-state index in [0.29, 0.717) is 0 Å². The van der Waals surface area contributed by atoms with Crippen LogP contribution in [0, 0.1) is 12.3 Å². The number of halogens is 1. The van der Waals surface area contributed by atoms with Crippen molar-refractivity contribution in [1.82, 2.24) is 4.57 Å². The molecule has 0 aliphatic carbocycles. The van der Waals surface area contributed by atoms with Crippen LogP contribution in [0.3, 0.4) is 0 Å². The lowest BCUT2D eigenvalue weighted by molar-refractivity contribution is 0.301. The molecule has 92 valence electrons. The van der Waals surface area contributed by atoms with E-state index in [0.717, 1.165) is 6.54 Å². The first kappa shape index (κ1) is 12.5. The molecule has 2 aromatic rings. The van der Waals surface area contributed by atoms with E-state index >= 15 is 0 Å². The van der Waals surface area contributed by atoms with Crippen molar-refractivity contribution >= 4 is 23.3 Å². The van der Waals surface area contributed by atoms with Crippen LogP contribution in [0.2, 0.25) is 0 Å². The van der Waals surface area contributed by atoms with Crippen molar-refractivity contribution in [1.29, 1.82) is 0 Å². The minimum atomic E-state index is 0. The number of aromatic nitrogens is 1. The second kappa shape index (κ2) is 3.76. The van der Waals surface area contributed by atoms with Gasteiger partial charge in [-0.3, -0.25) is 0 Å². The molecule has 1 aliphatic rings. The summed E-state index contributed by atoms with van der Waals surface area (Å²) in [5, 5.41) is 1.35. The summed E-state index contributed by atoms with van der Waals surface area (Å²) < 4.78 is 2.40. The Morgan fingerprint density at radius 2 is 1.94 bits per heavy atom. The fourth-order valence-electron chi connectivity index (χ4n) is 2.94. The first-order valence-corrected chi connectivity index (χ1v) is 5.86. The second-order valence-electron chi connectivity index (χ2n) is 5.58. The predicted octanol–water partition coefficient (Wildman–Crippen LogP) is 3.41. The minimum Gasteiger partial charge on any atom is -0.342 e. The second-order valence-corrected chi connectivity index (χ2v) is 5.58. The summed E-state index contributed by atoms with van der Waals surface area (Å²) in [6.45, 7) is 7.71. The molecule has 0 spiro atoms. The molecular weight excluding hydrogens is 232 g/mol. The van der Waals surface area contributed by atoms with E-state index < -0.39 is 0 Å². The summed E-state index contributed by atoms with van der Waals surface area (Å²) in [5.74, 6) is 0. The maximum Gasteiger partial charge on any atom is 0.0521 e. The van der Waals surface area contributed by atoms with Crippen molar-refractivity contribution in [3.8, 4) is 0 Å². The molecule has 3 rings (SSSR count). The maximum atomic E-state index is 6.37. The zero-order valence-electron chi connectivity index (χ0n) is 10.5. The number of benzene rings is 1. The van der Waals surface area contributed by atoms with Crippen LogP contribution in [0.25, 0.3) is 10.9 Å². The van der Waals surface area contributed by atoms with Crippen molar-refractivity contribution in [3.63, 3.8) is 0 Å². The van der Waals surface area contributed by atoms with Crippen LogP contribution in [0.4, 0.5) is 0 Å². The lowest BCUT2D eigenvalue weighted by Gasteiger charge is -2.23. The Bertz CT molecular complexity index is 569. The number of para-hydroxylation sites is 1. The Morgan fingerprint density at radius 1 is 1.29 bits per heavy atom. The lowest BCUT2D eigenvalue weighted by Crippen LogP contribution is -2.25. The van der Waals surface area contributed by atoms with Gasteiger partial charge >= 0.3 is 0 Å². The molecule has 1 atom stereocenters. The SMILES string of the molecule is Cc1c2n(c3ccccc13)CC(C)(C)C2N.Cl. The van der Waals surface area contributed by atoms with Gasteiger partial charge in [-0.05, 0) is 18.6 Å². The molecule has 1 aromatic heterocycles. The van der Waals surface area contributed by atoms with Gasteiger partial charge in [0, 0.05) is 28.6 Å². The summed E-state index contributed by atoms with van der Waals surface area (Å²) in [6, 6.07) is 8.74. The molecule has 0 saturated carbocycles. The van der Waals surface area contributed by atoms with Gasteiger partial charge < -0.3 is 10.3 Å². The molecule has 0 fully saturated rings. The van der Waals surface area contributed by atoms with Crippen LogP contribution in [-0.4, -0.2) is 4.57 Å². The fourth-order valence-corrected chi connectivity index (χ4v) is 2.94. The van der Waals surface area contributed by atoms with Gasteiger partial charge in [-0.25, -0.2) is 0 Å². The first-order valence-electron chi connectivity index (χ1n) is 5.86. The monoisotopic (exact) mass is 250 g/mol.